The molecule has 3 atom stereocenters. The lowest BCUT2D eigenvalue weighted by Gasteiger charge is -2.40. The highest BCUT2D eigenvalue weighted by Gasteiger charge is 2.37. The van der Waals surface area contributed by atoms with Gasteiger partial charge in [-0.05, 0) is 24.7 Å². The van der Waals surface area contributed by atoms with Crippen molar-refractivity contribution in [3.8, 4) is 0 Å². The van der Waals surface area contributed by atoms with Crippen LogP contribution in [0.1, 0.15) is 40.0 Å². The Hall–Kier alpha value is -0.120. The summed E-state index contributed by atoms with van der Waals surface area (Å²) in [7, 11) is 0. The van der Waals surface area contributed by atoms with Crippen molar-refractivity contribution in [1.29, 1.82) is 0 Å². The molecule has 2 rings (SSSR count). The quantitative estimate of drug-likeness (QED) is 0.778. The van der Waals surface area contributed by atoms with Crippen LogP contribution < -0.4 is 0 Å². The monoisotopic (exact) mass is 227 g/mol. The number of β-amino-alcohol motifs (C(OH)–C–C–N with tert-alkyl or cyclic N) is 1. The number of morpholine rings is 1. The number of aliphatic hydroxyl groups excluding tert-OH is 1. The Labute approximate surface area is 98.8 Å². The van der Waals surface area contributed by atoms with Gasteiger partial charge in [0.25, 0.3) is 0 Å². The normalized spacial score (nSPS) is 33.8. The van der Waals surface area contributed by atoms with Crippen LogP contribution in [0.4, 0.5) is 0 Å². The summed E-state index contributed by atoms with van der Waals surface area (Å²) in [4.78, 5) is 2.44. The maximum absolute atomic E-state index is 10.2. The molecule has 1 aliphatic heterocycles. The molecule has 1 aliphatic carbocycles. The SMILES string of the molecule is CC(C)(C)C(O)CN1CCOC2CCCC21. The van der Waals surface area contributed by atoms with E-state index in [1.54, 1.807) is 0 Å². The number of ether oxygens (including phenoxy) is 1. The number of hydrogen-bond donors (Lipinski definition) is 1. The van der Waals surface area contributed by atoms with E-state index in [4.69, 9.17) is 4.74 Å². The molecule has 0 bridgehead atoms. The maximum atomic E-state index is 10.2. The molecule has 0 spiro atoms. The standard InChI is InChI=1S/C13H25NO2/c1-13(2,3)12(15)9-14-7-8-16-11-6-4-5-10(11)14/h10-12,15H,4-9H2,1-3H3. The number of rotatable bonds is 2. The van der Waals surface area contributed by atoms with Gasteiger partial charge in [-0.15, -0.1) is 0 Å². The summed E-state index contributed by atoms with van der Waals surface area (Å²) >= 11 is 0. The number of fused-ring (bicyclic) bond motifs is 1. The van der Waals surface area contributed by atoms with Crippen molar-refractivity contribution in [1.82, 2.24) is 4.90 Å². The van der Waals surface area contributed by atoms with E-state index in [0.29, 0.717) is 12.1 Å². The van der Waals surface area contributed by atoms with Crippen molar-refractivity contribution in [3.05, 3.63) is 0 Å². The van der Waals surface area contributed by atoms with Gasteiger partial charge in [0, 0.05) is 19.1 Å². The molecule has 3 heteroatoms. The maximum Gasteiger partial charge on any atom is 0.0730 e. The van der Waals surface area contributed by atoms with Gasteiger partial charge < -0.3 is 9.84 Å². The highest BCUT2D eigenvalue weighted by molar-refractivity contribution is 4.91. The molecule has 1 saturated heterocycles. The van der Waals surface area contributed by atoms with Crippen molar-refractivity contribution in [2.45, 2.75) is 58.3 Å². The van der Waals surface area contributed by atoms with Crippen LogP contribution in [0.15, 0.2) is 0 Å². The lowest BCUT2D eigenvalue weighted by molar-refractivity contribution is -0.0781. The van der Waals surface area contributed by atoms with Crippen LogP contribution in [0.5, 0.6) is 0 Å². The second-order valence-corrected chi connectivity index (χ2v) is 6.28. The Balaban J connectivity index is 1.93. The van der Waals surface area contributed by atoms with Crippen LogP contribution in [0.3, 0.4) is 0 Å². The molecule has 0 aromatic heterocycles. The zero-order chi connectivity index (χ0) is 11.8. The van der Waals surface area contributed by atoms with E-state index >= 15 is 0 Å². The average molecular weight is 227 g/mol. The smallest absolute Gasteiger partial charge is 0.0730 e. The molecule has 94 valence electrons. The predicted octanol–water partition coefficient (Wildman–Crippen LogP) is 1.65. The first-order valence-corrected chi connectivity index (χ1v) is 6.52. The van der Waals surface area contributed by atoms with E-state index in [1.165, 1.54) is 19.3 Å². The van der Waals surface area contributed by atoms with Gasteiger partial charge in [0.15, 0.2) is 0 Å². The highest BCUT2D eigenvalue weighted by Crippen LogP contribution is 2.31. The zero-order valence-electron chi connectivity index (χ0n) is 10.8. The molecule has 0 amide bonds. The molecule has 3 unspecified atom stereocenters. The van der Waals surface area contributed by atoms with E-state index in [-0.39, 0.29) is 11.5 Å². The third-order valence-corrected chi connectivity index (χ3v) is 4.00. The second-order valence-electron chi connectivity index (χ2n) is 6.28. The zero-order valence-corrected chi connectivity index (χ0v) is 10.8. The Bertz CT molecular complexity index is 237. The van der Waals surface area contributed by atoms with Crippen LogP contribution >= 0.6 is 0 Å². The van der Waals surface area contributed by atoms with Gasteiger partial charge in [-0.3, -0.25) is 4.90 Å². The lowest BCUT2D eigenvalue weighted by Crippen LogP contribution is -2.52. The van der Waals surface area contributed by atoms with E-state index < -0.39 is 0 Å². The van der Waals surface area contributed by atoms with Crippen molar-refractivity contribution in [3.63, 3.8) is 0 Å². The molecular weight excluding hydrogens is 202 g/mol. The van der Waals surface area contributed by atoms with Crippen molar-refractivity contribution < 1.29 is 9.84 Å². The summed E-state index contributed by atoms with van der Waals surface area (Å²) in [5.41, 5.74) is -0.0214. The highest BCUT2D eigenvalue weighted by atomic mass is 16.5. The molecule has 0 radical (unpaired) electrons. The van der Waals surface area contributed by atoms with E-state index in [9.17, 15) is 5.11 Å². The molecular formula is C13H25NO2. The van der Waals surface area contributed by atoms with Crippen molar-refractivity contribution in [2.75, 3.05) is 19.7 Å². The molecule has 3 nitrogen and oxygen atoms in total. The third-order valence-electron chi connectivity index (χ3n) is 4.00. The van der Waals surface area contributed by atoms with Gasteiger partial charge in [-0.25, -0.2) is 0 Å². The first kappa shape index (κ1) is 12.3. The second kappa shape index (κ2) is 4.63. The Kier molecular flexibility index (Phi) is 3.57. The molecule has 2 fully saturated rings. The van der Waals surface area contributed by atoms with Gasteiger partial charge >= 0.3 is 0 Å². The lowest BCUT2D eigenvalue weighted by atomic mass is 9.88. The summed E-state index contributed by atoms with van der Waals surface area (Å²) in [5, 5.41) is 10.2. The minimum atomic E-state index is -0.244. The van der Waals surface area contributed by atoms with Crippen LogP contribution in [0, 0.1) is 5.41 Å². The molecule has 1 saturated carbocycles. The number of hydrogen-bond acceptors (Lipinski definition) is 3. The third kappa shape index (κ3) is 2.58. The summed E-state index contributed by atoms with van der Waals surface area (Å²) in [6, 6.07) is 0.561. The topological polar surface area (TPSA) is 32.7 Å². The Morgan fingerprint density at radius 1 is 1.38 bits per heavy atom. The Morgan fingerprint density at radius 2 is 2.12 bits per heavy atom. The molecule has 0 aromatic carbocycles. The fraction of sp³-hybridized carbons (Fsp3) is 1.00. The summed E-state index contributed by atoms with van der Waals surface area (Å²) in [5.74, 6) is 0. The average Bonchev–Trinajstić information content (AvgIpc) is 2.65. The fourth-order valence-corrected chi connectivity index (χ4v) is 2.73. The largest absolute Gasteiger partial charge is 0.391 e. The van der Waals surface area contributed by atoms with E-state index in [0.717, 1.165) is 19.7 Å². The fourth-order valence-electron chi connectivity index (χ4n) is 2.73. The molecule has 2 aliphatic rings. The van der Waals surface area contributed by atoms with Gasteiger partial charge in [0.2, 0.25) is 0 Å². The first-order chi connectivity index (χ1) is 7.48. The van der Waals surface area contributed by atoms with E-state index in [2.05, 4.69) is 25.7 Å². The van der Waals surface area contributed by atoms with Gasteiger partial charge in [-0.1, -0.05) is 20.8 Å². The molecule has 16 heavy (non-hydrogen) atoms. The van der Waals surface area contributed by atoms with Crippen LogP contribution in [0.25, 0.3) is 0 Å². The van der Waals surface area contributed by atoms with Gasteiger partial charge in [-0.2, -0.15) is 0 Å². The van der Waals surface area contributed by atoms with Crippen molar-refractivity contribution in [2.24, 2.45) is 5.41 Å². The summed E-state index contributed by atoms with van der Waals surface area (Å²) < 4.78 is 5.78. The van der Waals surface area contributed by atoms with E-state index in [1.807, 2.05) is 0 Å². The predicted molar refractivity (Wildman–Crippen MR) is 64.4 cm³/mol. The minimum absolute atomic E-state index is 0.0214. The minimum Gasteiger partial charge on any atom is -0.391 e. The van der Waals surface area contributed by atoms with Crippen LogP contribution in [-0.2, 0) is 4.74 Å². The van der Waals surface area contributed by atoms with Crippen molar-refractivity contribution >= 4 is 0 Å². The van der Waals surface area contributed by atoms with Crippen LogP contribution in [-0.4, -0.2) is 48.0 Å². The molecule has 1 heterocycles. The summed E-state index contributed by atoms with van der Waals surface area (Å²) in [6.07, 6.45) is 3.90. The van der Waals surface area contributed by atoms with Gasteiger partial charge in [0.05, 0.1) is 18.8 Å². The van der Waals surface area contributed by atoms with Crippen LogP contribution in [0.2, 0.25) is 0 Å². The Morgan fingerprint density at radius 3 is 2.81 bits per heavy atom. The number of aliphatic hydroxyl groups is 1. The van der Waals surface area contributed by atoms with Gasteiger partial charge in [0.1, 0.15) is 0 Å². The number of nitrogens with zero attached hydrogens (tertiary/aromatic N) is 1. The molecule has 0 aromatic rings. The summed E-state index contributed by atoms with van der Waals surface area (Å²) in [6.45, 7) is 8.92. The first-order valence-electron chi connectivity index (χ1n) is 6.52. The molecule has 1 N–H and O–H groups in total.